The molecular weight excluding hydrogens is 616 g/mol. The van der Waals surface area contributed by atoms with Crippen molar-refractivity contribution in [2.24, 2.45) is 11.3 Å². The molecule has 10 nitrogen and oxygen atoms in total. The van der Waals surface area contributed by atoms with Crippen molar-refractivity contribution in [2.75, 3.05) is 33.4 Å². The number of H-pyrrole nitrogens is 1. The van der Waals surface area contributed by atoms with Crippen molar-refractivity contribution in [3.8, 4) is 0 Å². The lowest BCUT2D eigenvalue weighted by molar-refractivity contribution is -0.134. The number of imidazole rings is 1. The van der Waals surface area contributed by atoms with Gasteiger partial charge in [-0.3, -0.25) is 9.59 Å². The Balaban J connectivity index is 1.54. The lowest BCUT2D eigenvalue weighted by Crippen LogP contribution is -2.55. The van der Waals surface area contributed by atoms with Crippen LogP contribution in [0.1, 0.15) is 89.2 Å². The molecular formula is C36H49ClN6O4. The standard InChI is InChI=1S/C36H49ClN6O4/c1-7-38-32(44)29(22(2)3)41-33(45)36(5,21-47-6)23-14-15-26-27(20-23)40-31(39-26)30(42-34(46)43-18-10-11-19-43)28(35(4)16-17-35)24-12-8-9-13-25(24)37/h8-9,12-15,20,22,28-30H,7,10-11,16-19,21H2,1-6H3,(H,38,44)(H,39,40)(H,41,45)(H,42,46)/t28-,29+,30-,36?/m0/s1. The summed E-state index contributed by atoms with van der Waals surface area (Å²) < 4.78 is 5.56. The fraction of sp³-hybridized carbons (Fsp3) is 0.556. The number of benzene rings is 2. The van der Waals surface area contributed by atoms with E-state index in [1.165, 1.54) is 0 Å². The molecule has 1 saturated heterocycles. The maximum Gasteiger partial charge on any atom is 0.318 e. The molecule has 2 fully saturated rings. The summed E-state index contributed by atoms with van der Waals surface area (Å²) in [6.07, 6.45) is 4.02. The van der Waals surface area contributed by atoms with Crippen LogP contribution in [0.2, 0.25) is 5.02 Å². The number of carbonyl (C=O) groups excluding carboxylic acids is 3. The third-order valence-corrected chi connectivity index (χ3v) is 10.3. The zero-order valence-electron chi connectivity index (χ0n) is 28.4. The number of carbonyl (C=O) groups is 3. The topological polar surface area (TPSA) is 128 Å². The van der Waals surface area contributed by atoms with E-state index in [1.54, 1.807) is 7.11 Å². The molecule has 1 aliphatic heterocycles. The van der Waals surface area contributed by atoms with Crippen LogP contribution in [0.3, 0.4) is 0 Å². The number of aromatic nitrogens is 2. The molecule has 0 spiro atoms. The predicted molar refractivity (Wildman–Crippen MR) is 184 cm³/mol. The number of nitrogens with zero attached hydrogens (tertiary/aromatic N) is 2. The third kappa shape index (κ3) is 7.28. The van der Waals surface area contributed by atoms with Crippen LogP contribution in [-0.2, 0) is 19.7 Å². The van der Waals surface area contributed by atoms with E-state index < -0.39 is 17.5 Å². The normalized spacial score (nSPS) is 18.8. The summed E-state index contributed by atoms with van der Waals surface area (Å²) >= 11 is 6.82. The van der Waals surface area contributed by atoms with Crippen LogP contribution in [0.4, 0.5) is 4.79 Å². The van der Waals surface area contributed by atoms with Gasteiger partial charge in [-0.2, -0.15) is 0 Å². The van der Waals surface area contributed by atoms with Gasteiger partial charge in [-0.15, -0.1) is 0 Å². The van der Waals surface area contributed by atoms with Gasteiger partial charge in [-0.1, -0.05) is 56.6 Å². The van der Waals surface area contributed by atoms with Gasteiger partial charge in [0.1, 0.15) is 11.9 Å². The number of aromatic amines is 1. The van der Waals surface area contributed by atoms with Crippen molar-refractivity contribution in [3.05, 3.63) is 64.4 Å². The van der Waals surface area contributed by atoms with Gasteiger partial charge in [0.25, 0.3) is 0 Å². The van der Waals surface area contributed by atoms with Gasteiger partial charge in [0.05, 0.1) is 29.1 Å². The quantitative estimate of drug-likeness (QED) is 0.183. The van der Waals surface area contributed by atoms with E-state index in [0.717, 1.165) is 49.9 Å². The molecule has 2 aromatic carbocycles. The summed E-state index contributed by atoms with van der Waals surface area (Å²) in [4.78, 5) is 50.7. The van der Waals surface area contributed by atoms with E-state index in [0.29, 0.717) is 28.5 Å². The van der Waals surface area contributed by atoms with Crippen molar-refractivity contribution in [3.63, 3.8) is 0 Å². The number of halogens is 1. The number of amides is 4. The largest absolute Gasteiger partial charge is 0.383 e. The van der Waals surface area contributed by atoms with Gasteiger partial charge in [-0.25, -0.2) is 9.78 Å². The SMILES string of the molecule is CCNC(=O)[C@H](NC(=O)C(C)(COC)c1ccc2nc([C@@H](NC(=O)N3CCCC3)[C@H](c3ccccc3Cl)C3(C)CC3)[nH]c2c1)C(C)C. The van der Waals surface area contributed by atoms with E-state index in [2.05, 4.69) is 27.9 Å². The number of urea groups is 1. The molecule has 1 aliphatic carbocycles. The molecule has 1 saturated carbocycles. The number of hydrogen-bond donors (Lipinski definition) is 4. The summed E-state index contributed by atoms with van der Waals surface area (Å²) in [7, 11) is 1.56. The van der Waals surface area contributed by atoms with Crippen molar-refractivity contribution in [2.45, 2.75) is 83.7 Å². The van der Waals surface area contributed by atoms with Crippen LogP contribution in [0, 0.1) is 11.3 Å². The Morgan fingerprint density at radius 1 is 1.11 bits per heavy atom. The van der Waals surface area contributed by atoms with Crippen molar-refractivity contribution in [1.82, 2.24) is 30.8 Å². The molecule has 1 unspecified atom stereocenters. The van der Waals surface area contributed by atoms with Crippen LogP contribution in [0.5, 0.6) is 0 Å². The van der Waals surface area contributed by atoms with Crippen LogP contribution in [0.25, 0.3) is 11.0 Å². The zero-order valence-corrected chi connectivity index (χ0v) is 29.2. The Labute approximate surface area is 282 Å². The monoisotopic (exact) mass is 664 g/mol. The number of hydrogen-bond acceptors (Lipinski definition) is 5. The molecule has 0 radical (unpaired) electrons. The number of likely N-dealkylation sites (tertiary alicyclic amines) is 1. The van der Waals surface area contributed by atoms with Gasteiger partial charge in [-0.05, 0) is 80.2 Å². The van der Waals surface area contributed by atoms with E-state index in [1.807, 2.05) is 75.1 Å². The molecule has 3 aromatic rings. The van der Waals surface area contributed by atoms with Gasteiger partial charge in [0.2, 0.25) is 11.8 Å². The highest BCUT2D eigenvalue weighted by Crippen LogP contribution is 2.60. The Morgan fingerprint density at radius 3 is 2.43 bits per heavy atom. The summed E-state index contributed by atoms with van der Waals surface area (Å²) in [6, 6.07) is 12.3. The first kappa shape index (κ1) is 34.7. The van der Waals surface area contributed by atoms with Crippen LogP contribution < -0.4 is 16.0 Å². The van der Waals surface area contributed by atoms with E-state index in [9.17, 15) is 14.4 Å². The van der Waals surface area contributed by atoms with Gasteiger partial charge < -0.3 is 30.6 Å². The molecule has 4 N–H and O–H groups in total. The highest BCUT2D eigenvalue weighted by atomic mass is 35.5. The minimum absolute atomic E-state index is 0.0652. The molecule has 2 heterocycles. The molecule has 2 aliphatic rings. The first-order valence-corrected chi connectivity index (χ1v) is 17.2. The molecule has 4 amide bonds. The van der Waals surface area contributed by atoms with Crippen LogP contribution >= 0.6 is 11.6 Å². The highest BCUT2D eigenvalue weighted by Gasteiger charge is 2.51. The number of fused-ring (bicyclic) bond motifs is 1. The molecule has 254 valence electrons. The Morgan fingerprint density at radius 2 is 1.81 bits per heavy atom. The lowest BCUT2D eigenvalue weighted by atomic mass is 9.78. The van der Waals surface area contributed by atoms with E-state index >= 15 is 0 Å². The smallest absolute Gasteiger partial charge is 0.318 e. The minimum atomic E-state index is -1.10. The second kappa shape index (κ2) is 14.2. The average Bonchev–Trinajstić information content (AvgIpc) is 3.40. The fourth-order valence-corrected chi connectivity index (χ4v) is 7.11. The number of methoxy groups -OCH3 is 1. The zero-order chi connectivity index (χ0) is 33.9. The van der Waals surface area contributed by atoms with Crippen molar-refractivity contribution in [1.29, 1.82) is 0 Å². The van der Waals surface area contributed by atoms with Crippen LogP contribution in [0.15, 0.2) is 42.5 Å². The number of rotatable bonds is 13. The number of likely N-dealkylation sites (N-methyl/N-ethyl adjacent to an activating group) is 1. The molecule has 4 atom stereocenters. The number of ether oxygens (including phenoxy) is 1. The van der Waals surface area contributed by atoms with Gasteiger partial charge >= 0.3 is 6.03 Å². The summed E-state index contributed by atoms with van der Waals surface area (Å²) in [5.41, 5.74) is 1.98. The van der Waals surface area contributed by atoms with Gasteiger partial charge in [0.15, 0.2) is 0 Å². The highest BCUT2D eigenvalue weighted by molar-refractivity contribution is 6.31. The van der Waals surface area contributed by atoms with E-state index in [4.69, 9.17) is 21.3 Å². The second-order valence-corrected chi connectivity index (χ2v) is 14.4. The first-order chi connectivity index (χ1) is 22.4. The summed E-state index contributed by atoms with van der Waals surface area (Å²) in [6.45, 7) is 11.8. The Hall–Kier alpha value is -3.63. The van der Waals surface area contributed by atoms with Crippen molar-refractivity contribution >= 4 is 40.5 Å². The molecule has 0 bridgehead atoms. The second-order valence-electron chi connectivity index (χ2n) is 14.0. The number of nitrogens with one attached hydrogen (secondary N) is 4. The molecule has 11 heteroatoms. The molecule has 1 aromatic heterocycles. The maximum absolute atomic E-state index is 13.9. The summed E-state index contributed by atoms with van der Waals surface area (Å²) in [5, 5.41) is 9.83. The third-order valence-electron chi connectivity index (χ3n) is 9.99. The predicted octanol–water partition coefficient (Wildman–Crippen LogP) is 5.83. The van der Waals surface area contributed by atoms with E-state index in [-0.39, 0.29) is 41.7 Å². The molecule has 5 rings (SSSR count). The lowest BCUT2D eigenvalue weighted by Gasteiger charge is -2.34. The Kier molecular flexibility index (Phi) is 10.5. The van der Waals surface area contributed by atoms with Gasteiger partial charge in [0, 0.05) is 37.7 Å². The first-order valence-electron chi connectivity index (χ1n) is 16.8. The average molecular weight is 665 g/mol. The van der Waals surface area contributed by atoms with Crippen molar-refractivity contribution < 1.29 is 19.1 Å². The fourth-order valence-electron chi connectivity index (χ4n) is 6.86. The Bertz CT molecular complexity index is 1600. The van der Waals surface area contributed by atoms with Crippen LogP contribution in [-0.4, -0.2) is 72.1 Å². The molecule has 47 heavy (non-hydrogen) atoms. The maximum atomic E-state index is 13.9. The summed E-state index contributed by atoms with van der Waals surface area (Å²) in [5.74, 6) is -0.114. The minimum Gasteiger partial charge on any atom is -0.383 e.